The van der Waals surface area contributed by atoms with E-state index in [-0.39, 0.29) is 0 Å². The van der Waals surface area contributed by atoms with Crippen LogP contribution in [0.15, 0.2) is 91.0 Å². The summed E-state index contributed by atoms with van der Waals surface area (Å²) in [6, 6.07) is 22.7. The molecule has 0 N–H and O–H groups in total. The van der Waals surface area contributed by atoms with Gasteiger partial charge in [0.25, 0.3) is 0 Å². The van der Waals surface area contributed by atoms with Crippen LogP contribution in [0.4, 0.5) is 57.1 Å². The van der Waals surface area contributed by atoms with Gasteiger partial charge in [0.1, 0.15) is 0 Å². The van der Waals surface area contributed by atoms with E-state index >= 15 is 0 Å². The van der Waals surface area contributed by atoms with Gasteiger partial charge in [-0.25, -0.2) is 0 Å². The minimum absolute atomic E-state index is 0.397. The van der Waals surface area contributed by atoms with Crippen LogP contribution in [-0.4, -0.2) is 54.2 Å². The average Bonchev–Trinajstić information content (AvgIpc) is 2.90. The van der Waals surface area contributed by atoms with Crippen LogP contribution in [0.5, 0.6) is 0 Å². The average molecular weight is 697 g/mol. The summed E-state index contributed by atoms with van der Waals surface area (Å²) in [5.41, 5.74) is 0. The first-order valence-electron chi connectivity index (χ1n) is 11.4. The van der Waals surface area contributed by atoms with Crippen LogP contribution < -0.4 is 10.7 Å². The van der Waals surface area contributed by atoms with E-state index in [1.807, 2.05) is 0 Å². The Kier molecular flexibility index (Phi) is 8.62. The van der Waals surface area contributed by atoms with Gasteiger partial charge in [-0.2, -0.15) is 0 Å². The number of alkyl halides is 13. The molecule has 0 radical (unpaired) electrons. The summed E-state index contributed by atoms with van der Waals surface area (Å²) >= 11 is -4.91. The van der Waals surface area contributed by atoms with Gasteiger partial charge in [-0.05, 0) is 0 Å². The van der Waals surface area contributed by atoms with E-state index < -0.39 is 65.0 Å². The van der Waals surface area contributed by atoms with E-state index in [0.717, 1.165) is 0 Å². The maximum absolute atomic E-state index is 14.9. The molecule has 14 heteroatoms. The molecule has 0 saturated heterocycles. The number of hydrogen-bond acceptors (Lipinski definition) is 0. The van der Waals surface area contributed by atoms with Crippen LogP contribution in [0.3, 0.4) is 0 Å². The van der Waals surface area contributed by atoms with Gasteiger partial charge in [-0.1, -0.05) is 0 Å². The van der Waals surface area contributed by atoms with Gasteiger partial charge < -0.3 is 0 Å². The summed E-state index contributed by atoms with van der Waals surface area (Å²) in [4.78, 5) is 0. The van der Waals surface area contributed by atoms with Gasteiger partial charge >= 0.3 is 224 Å². The molecule has 0 aliphatic heterocycles. The van der Waals surface area contributed by atoms with E-state index in [9.17, 15) is 57.1 Å². The molecule has 0 atom stereocenters. The summed E-state index contributed by atoms with van der Waals surface area (Å²) < 4.78 is 179. The molecule has 0 aliphatic rings. The molecule has 0 aliphatic carbocycles. The van der Waals surface area contributed by atoms with Gasteiger partial charge in [0.2, 0.25) is 0 Å². The fraction of sp³-hybridized carbons (Fsp3) is 0.308. The van der Waals surface area contributed by atoms with Crippen molar-refractivity contribution in [1.82, 2.24) is 0 Å². The van der Waals surface area contributed by atoms with Crippen LogP contribution in [0.1, 0.15) is 6.42 Å². The third-order valence-electron chi connectivity index (χ3n) is 6.61. The standard InChI is InChI=1S/C8H4F13.3C6H5.Sn/c1-2-3(9,10)4(11,12)5(13,14)6(15,16)7(17,18)8(19,20)21;3*1-2-4-6-5-3-1;/h1-2H2;3*1-5H;. The van der Waals surface area contributed by atoms with Crippen LogP contribution >= 0.6 is 0 Å². The summed E-state index contributed by atoms with van der Waals surface area (Å²) in [7, 11) is 0. The van der Waals surface area contributed by atoms with Gasteiger partial charge in [-0.15, -0.1) is 0 Å². The molecule has 0 spiro atoms. The Labute approximate surface area is 223 Å². The van der Waals surface area contributed by atoms with Crippen molar-refractivity contribution in [3.05, 3.63) is 91.0 Å². The summed E-state index contributed by atoms with van der Waals surface area (Å²) in [5.74, 6) is -36.9. The van der Waals surface area contributed by atoms with Crippen molar-refractivity contribution in [2.24, 2.45) is 0 Å². The van der Waals surface area contributed by atoms with E-state index in [4.69, 9.17) is 0 Å². The maximum atomic E-state index is 14.9. The zero-order valence-electron chi connectivity index (χ0n) is 20.0. The molecule has 0 bridgehead atoms. The van der Waals surface area contributed by atoms with Gasteiger partial charge in [0, 0.05) is 0 Å². The Hall–Kier alpha value is -2.45. The van der Waals surface area contributed by atoms with Crippen molar-refractivity contribution in [3.8, 4) is 0 Å². The fourth-order valence-electron chi connectivity index (χ4n) is 4.40. The molecule has 3 rings (SSSR count). The SMILES string of the molecule is FC(F)(F)C(F)(F)C(F)(F)C(F)(F)C(F)(F)C(F)(F)C[CH2][Sn]([c]1ccccc1)([c]1ccccc1)[c]1ccccc1. The molecule has 40 heavy (non-hydrogen) atoms. The number of halogens is 13. The topological polar surface area (TPSA) is 0 Å². The van der Waals surface area contributed by atoms with Crippen LogP contribution in [0.25, 0.3) is 0 Å². The molecule has 0 saturated carbocycles. The van der Waals surface area contributed by atoms with E-state index in [1.165, 1.54) is 72.8 Å². The van der Waals surface area contributed by atoms with Crippen LogP contribution in [0.2, 0.25) is 4.44 Å². The Morgan fingerprint density at radius 2 is 0.700 bits per heavy atom. The zero-order chi connectivity index (χ0) is 30.3. The Morgan fingerprint density at radius 1 is 0.400 bits per heavy atom. The number of rotatable bonds is 10. The Morgan fingerprint density at radius 3 is 1.00 bits per heavy atom. The molecule has 0 aromatic heterocycles. The number of benzene rings is 3. The molecule has 3 aromatic carbocycles. The van der Waals surface area contributed by atoms with Crippen molar-refractivity contribution in [2.75, 3.05) is 0 Å². The summed E-state index contributed by atoms with van der Waals surface area (Å²) in [5, 5.41) is 0. The quantitative estimate of drug-likeness (QED) is 0.154. The van der Waals surface area contributed by atoms with Crippen molar-refractivity contribution >= 4 is 29.1 Å². The molecule has 0 amide bonds. The molecule has 0 unspecified atom stereocenters. The predicted molar refractivity (Wildman–Crippen MR) is 124 cm³/mol. The third-order valence-corrected chi connectivity index (χ3v) is 20.8. The normalized spacial score (nSPS) is 14.3. The molecule has 0 heterocycles. The first-order chi connectivity index (χ1) is 18.3. The van der Waals surface area contributed by atoms with E-state index in [1.54, 1.807) is 18.2 Å². The monoisotopic (exact) mass is 698 g/mol. The van der Waals surface area contributed by atoms with Crippen molar-refractivity contribution in [1.29, 1.82) is 0 Å². The van der Waals surface area contributed by atoms with Crippen molar-refractivity contribution in [3.63, 3.8) is 0 Å². The van der Waals surface area contributed by atoms with Gasteiger partial charge in [0.15, 0.2) is 0 Å². The minimum atomic E-state index is -7.91. The molecular formula is C26H19F13Sn. The van der Waals surface area contributed by atoms with E-state index in [2.05, 4.69) is 0 Å². The molecule has 0 fully saturated rings. The van der Waals surface area contributed by atoms with Gasteiger partial charge in [0.05, 0.1) is 0 Å². The van der Waals surface area contributed by atoms with Crippen molar-refractivity contribution in [2.45, 2.75) is 46.6 Å². The van der Waals surface area contributed by atoms with E-state index in [0.29, 0.717) is 10.7 Å². The first kappa shape index (κ1) is 32.1. The summed E-state index contributed by atoms with van der Waals surface area (Å²) in [6.07, 6.45) is -9.66. The molecule has 3 aromatic rings. The second-order valence-corrected chi connectivity index (χ2v) is 20.5. The zero-order valence-corrected chi connectivity index (χ0v) is 22.8. The van der Waals surface area contributed by atoms with Crippen molar-refractivity contribution < 1.29 is 57.1 Å². The second kappa shape index (κ2) is 10.7. The second-order valence-electron chi connectivity index (χ2n) is 9.00. The fourth-order valence-corrected chi connectivity index (χ4v) is 18.2. The first-order valence-corrected chi connectivity index (χ1v) is 17.7. The van der Waals surface area contributed by atoms with Crippen LogP contribution in [0, 0.1) is 0 Å². The number of hydrogen-bond donors (Lipinski definition) is 0. The molecule has 218 valence electrons. The Balaban J connectivity index is 2.15. The summed E-state index contributed by atoms with van der Waals surface area (Å²) in [6.45, 7) is 0. The molecular weight excluding hydrogens is 678 g/mol. The predicted octanol–water partition coefficient (Wildman–Crippen LogP) is 7.29. The Bertz CT molecular complexity index is 1160. The third kappa shape index (κ3) is 5.06. The van der Waals surface area contributed by atoms with Gasteiger partial charge in [-0.3, -0.25) is 0 Å². The van der Waals surface area contributed by atoms with Crippen LogP contribution in [-0.2, 0) is 0 Å². The molecule has 0 nitrogen and oxygen atoms in total.